The summed E-state index contributed by atoms with van der Waals surface area (Å²) >= 11 is 8.98. The molecule has 0 spiro atoms. The lowest BCUT2D eigenvalue weighted by atomic mass is 10.0. The van der Waals surface area contributed by atoms with E-state index in [9.17, 15) is 9.59 Å². The normalized spacial score (nSPS) is 11.0. The van der Waals surface area contributed by atoms with E-state index in [1.807, 2.05) is 54.6 Å². The van der Waals surface area contributed by atoms with Gasteiger partial charge in [-0.3, -0.25) is 4.79 Å². The lowest BCUT2D eigenvalue weighted by molar-refractivity contribution is -0.120. The van der Waals surface area contributed by atoms with E-state index in [-0.39, 0.29) is 12.3 Å². The van der Waals surface area contributed by atoms with Gasteiger partial charge >= 0.3 is 5.97 Å². The van der Waals surface area contributed by atoms with Gasteiger partial charge in [-0.25, -0.2) is 10.2 Å². The van der Waals surface area contributed by atoms with Crippen LogP contribution in [0, 0.1) is 3.57 Å². The van der Waals surface area contributed by atoms with Gasteiger partial charge in [0.15, 0.2) is 5.75 Å². The van der Waals surface area contributed by atoms with Crippen molar-refractivity contribution >= 4 is 83.3 Å². The van der Waals surface area contributed by atoms with Crippen molar-refractivity contribution in [3.63, 3.8) is 0 Å². The van der Waals surface area contributed by atoms with Crippen LogP contribution in [0.15, 0.2) is 92.9 Å². The molecule has 0 aromatic heterocycles. The molecule has 0 heterocycles. The van der Waals surface area contributed by atoms with Crippen molar-refractivity contribution in [3.8, 4) is 5.75 Å². The van der Waals surface area contributed by atoms with Crippen LogP contribution < -0.4 is 10.2 Å². The van der Waals surface area contributed by atoms with Gasteiger partial charge in [0.1, 0.15) is 0 Å². The molecule has 5 nitrogen and oxygen atoms in total. The van der Waals surface area contributed by atoms with Crippen molar-refractivity contribution in [1.82, 2.24) is 5.43 Å². The van der Waals surface area contributed by atoms with Crippen molar-refractivity contribution in [2.75, 3.05) is 0 Å². The summed E-state index contributed by atoms with van der Waals surface area (Å²) in [6.45, 7) is 0. The van der Waals surface area contributed by atoms with Gasteiger partial charge in [0.2, 0.25) is 5.91 Å². The molecule has 1 amide bonds. The molecule has 0 aliphatic rings. The number of hydrazone groups is 1. The highest BCUT2D eigenvalue weighted by Crippen LogP contribution is 2.33. The van der Waals surface area contributed by atoms with Crippen molar-refractivity contribution in [3.05, 3.63) is 108 Å². The Hall–Kier alpha value is -2.56. The van der Waals surface area contributed by atoms with E-state index in [0.29, 0.717) is 21.3 Å². The number of esters is 1. The number of nitrogens with zero attached hydrogens (tertiary/aromatic N) is 1. The first kappa shape index (κ1) is 24.6. The van der Waals surface area contributed by atoms with E-state index in [0.717, 1.165) is 24.4 Å². The Morgan fingerprint density at radius 1 is 0.971 bits per heavy atom. The van der Waals surface area contributed by atoms with Crippen molar-refractivity contribution in [2.24, 2.45) is 5.10 Å². The predicted molar refractivity (Wildman–Crippen MR) is 149 cm³/mol. The molecule has 4 aromatic rings. The highest BCUT2D eigenvalue weighted by atomic mass is 127. The number of ether oxygens (including phenoxy) is 1. The lowest BCUT2D eigenvalue weighted by Crippen LogP contribution is -2.20. The second-order valence-electron chi connectivity index (χ2n) is 7.28. The molecule has 0 unspecified atom stereocenters. The highest BCUT2D eigenvalue weighted by molar-refractivity contribution is 14.1. The predicted octanol–water partition coefficient (Wildman–Crippen LogP) is 6.88. The highest BCUT2D eigenvalue weighted by Gasteiger charge is 2.17. The fraction of sp³-hybridized carbons (Fsp3) is 0.0385. The molecule has 0 saturated heterocycles. The number of rotatable bonds is 6. The number of carbonyl (C=O) groups is 2. The zero-order chi connectivity index (χ0) is 24.1. The summed E-state index contributed by atoms with van der Waals surface area (Å²) in [4.78, 5) is 25.3. The Labute approximate surface area is 227 Å². The minimum absolute atomic E-state index is 0.190. The Bertz CT molecular complexity index is 1420. The maximum Gasteiger partial charge on any atom is 0.344 e. The molecule has 0 saturated carbocycles. The van der Waals surface area contributed by atoms with E-state index in [1.165, 1.54) is 6.21 Å². The quantitative estimate of drug-likeness (QED) is 0.0789. The molecule has 0 aliphatic heterocycles. The maximum absolute atomic E-state index is 12.7. The van der Waals surface area contributed by atoms with E-state index in [1.54, 1.807) is 24.3 Å². The Kier molecular flexibility index (Phi) is 8.12. The summed E-state index contributed by atoms with van der Waals surface area (Å²) in [6.07, 6.45) is 1.64. The largest absolute Gasteiger partial charge is 0.421 e. The van der Waals surface area contributed by atoms with Gasteiger partial charge in [0.25, 0.3) is 0 Å². The van der Waals surface area contributed by atoms with Crippen LogP contribution in [0.4, 0.5) is 0 Å². The van der Waals surface area contributed by atoms with E-state index in [4.69, 9.17) is 4.74 Å². The van der Waals surface area contributed by atoms with Crippen molar-refractivity contribution in [2.45, 2.75) is 6.42 Å². The van der Waals surface area contributed by atoms with E-state index < -0.39 is 5.97 Å². The van der Waals surface area contributed by atoms with E-state index in [2.05, 4.69) is 65.0 Å². The van der Waals surface area contributed by atoms with Crippen LogP contribution in [0.25, 0.3) is 10.8 Å². The van der Waals surface area contributed by atoms with Crippen LogP contribution in [0.3, 0.4) is 0 Å². The third-order valence-corrected chi connectivity index (χ3v) is 6.94. The van der Waals surface area contributed by atoms with Gasteiger partial charge < -0.3 is 4.74 Å². The number of fused-ring (bicyclic) bond motifs is 1. The van der Waals surface area contributed by atoms with Gasteiger partial charge in [0.05, 0.1) is 22.7 Å². The first-order chi connectivity index (χ1) is 16.4. The molecular formula is C26H17Br2IN2O3. The maximum atomic E-state index is 12.7. The molecule has 34 heavy (non-hydrogen) atoms. The molecule has 4 aromatic carbocycles. The minimum Gasteiger partial charge on any atom is -0.421 e. The molecule has 0 aliphatic carbocycles. The third-order valence-electron chi connectivity index (χ3n) is 4.95. The number of nitrogens with one attached hydrogen (secondary N) is 1. The fourth-order valence-electron chi connectivity index (χ4n) is 3.39. The molecule has 170 valence electrons. The summed E-state index contributed by atoms with van der Waals surface area (Å²) in [7, 11) is 0. The third kappa shape index (κ3) is 5.92. The number of halogens is 3. The van der Waals surface area contributed by atoms with Gasteiger partial charge in [-0.1, -0.05) is 70.5 Å². The van der Waals surface area contributed by atoms with E-state index >= 15 is 0 Å². The fourth-order valence-corrected chi connectivity index (χ4v) is 5.34. The summed E-state index contributed by atoms with van der Waals surface area (Å²) < 4.78 is 7.81. The molecule has 8 heteroatoms. The van der Waals surface area contributed by atoms with Crippen molar-refractivity contribution < 1.29 is 14.3 Å². The first-order valence-corrected chi connectivity index (χ1v) is 12.8. The smallest absolute Gasteiger partial charge is 0.344 e. The SMILES string of the molecule is O=C(Cc1cccc2ccccc12)N/N=C\c1cc(Br)cc(Br)c1OC(=O)c1ccccc1I. The number of carbonyl (C=O) groups excluding carboxylic acids is 2. The van der Waals surface area contributed by atoms with Crippen LogP contribution in [-0.4, -0.2) is 18.1 Å². The average molecular weight is 692 g/mol. The summed E-state index contributed by atoms with van der Waals surface area (Å²) in [5.74, 6) is -0.429. The van der Waals surface area contributed by atoms with Gasteiger partial charge in [-0.2, -0.15) is 5.10 Å². The van der Waals surface area contributed by atoms with Gasteiger partial charge in [-0.15, -0.1) is 0 Å². The van der Waals surface area contributed by atoms with Crippen LogP contribution in [0.1, 0.15) is 21.5 Å². The Balaban J connectivity index is 1.51. The Morgan fingerprint density at radius 2 is 1.71 bits per heavy atom. The van der Waals surface area contributed by atoms with Crippen LogP contribution in [0.5, 0.6) is 5.75 Å². The number of hydrogen-bond donors (Lipinski definition) is 1. The second kappa shape index (κ2) is 11.2. The molecule has 0 fully saturated rings. The van der Waals surface area contributed by atoms with Crippen LogP contribution >= 0.6 is 54.5 Å². The van der Waals surface area contributed by atoms with Gasteiger partial charge in [-0.05, 0) is 79.1 Å². The molecular weight excluding hydrogens is 675 g/mol. The zero-order valence-electron chi connectivity index (χ0n) is 17.6. The lowest BCUT2D eigenvalue weighted by Gasteiger charge is -2.11. The molecule has 0 bridgehead atoms. The zero-order valence-corrected chi connectivity index (χ0v) is 22.9. The van der Waals surface area contributed by atoms with Crippen LogP contribution in [0.2, 0.25) is 0 Å². The standard InChI is InChI=1S/C26H17Br2IN2O3/c27-19-12-18(25(22(28)14-19)34-26(33)21-10-3-4-11-23(21)29)15-30-31-24(32)13-17-8-5-7-16-6-1-2-9-20(16)17/h1-12,14-15H,13H2,(H,31,32)/b30-15-. The first-order valence-electron chi connectivity index (χ1n) is 10.2. The summed E-state index contributed by atoms with van der Waals surface area (Å²) in [6, 6.07) is 24.5. The molecule has 1 N–H and O–H groups in total. The number of amides is 1. The molecule has 4 rings (SSSR count). The Morgan fingerprint density at radius 3 is 2.53 bits per heavy atom. The topological polar surface area (TPSA) is 67.8 Å². The number of benzene rings is 4. The van der Waals surface area contributed by atoms with Crippen molar-refractivity contribution in [1.29, 1.82) is 0 Å². The second-order valence-corrected chi connectivity index (χ2v) is 10.2. The summed E-state index contributed by atoms with van der Waals surface area (Å²) in [5.41, 5.74) is 4.46. The minimum atomic E-state index is -0.484. The van der Waals surface area contributed by atoms with Crippen LogP contribution in [-0.2, 0) is 11.2 Å². The molecule has 0 atom stereocenters. The summed E-state index contributed by atoms with van der Waals surface area (Å²) in [5, 5.41) is 6.21. The molecule has 0 radical (unpaired) electrons. The number of hydrogen-bond acceptors (Lipinski definition) is 4. The monoisotopic (exact) mass is 690 g/mol. The average Bonchev–Trinajstić information content (AvgIpc) is 2.81. The van der Waals surface area contributed by atoms with Gasteiger partial charge in [0, 0.05) is 13.6 Å².